The molecular formula is C9H14O2. The second kappa shape index (κ2) is 4.19. The van der Waals surface area contributed by atoms with Crippen molar-refractivity contribution < 1.29 is 9.52 Å². The van der Waals surface area contributed by atoms with E-state index in [1.807, 2.05) is 19.1 Å². The molecule has 2 nitrogen and oxygen atoms in total. The van der Waals surface area contributed by atoms with Gasteiger partial charge in [0, 0.05) is 6.42 Å². The van der Waals surface area contributed by atoms with E-state index in [1.54, 1.807) is 6.26 Å². The summed E-state index contributed by atoms with van der Waals surface area (Å²) in [6.07, 6.45) is 3.93. The van der Waals surface area contributed by atoms with Gasteiger partial charge in [-0.15, -0.1) is 0 Å². The fourth-order valence-electron chi connectivity index (χ4n) is 0.968. The van der Waals surface area contributed by atoms with Crippen molar-refractivity contribution >= 4 is 0 Å². The van der Waals surface area contributed by atoms with E-state index in [-0.39, 0.29) is 6.10 Å². The average molecular weight is 154 g/mol. The zero-order valence-corrected chi connectivity index (χ0v) is 6.79. The predicted molar refractivity (Wildman–Crippen MR) is 43.3 cm³/mol. The summed E-state index contributed by atoms with van der Waals surface area (Å²) >= 11 is 0. The van der Waals surface area contributed by atoms with Crippen molar-refractivity contribution in [1.29, 1.82) is 0 Å². The summed E-state index contributed by atoms with van der Waals surface area (Å²) in [4.78, 5) is 0. The Balaban J connectivity index is 2.23. The summed E-state index contributed by atoms with van der Waals surface area (Å²) in [7, 11) is 0. The fourth-order valence-corrected chi connectivity index (χ4v) is 0.968. The van der Waals surface area contributed by atoms with Crippen molar-refractivity contribution in [2.24, 2.45) is 0 Å². The molecule has 1 aromatic rings. The van der Waals surface area contributed by atoms with Crippen molar-refractivity contribution in [1.82, 2.24) is 0 Å². The summed E-state index contributed by atoms with van der Waals surface area (Å²) in [6, 6.07) is 3.80. The molecule has 1 N–H and O–H groups in total. The van der Waals surface area contributed by atoms with Crippen LogP contribution in [0.3, 0.4) is 0 Å². The molecule has 0 aliphatic rings. The summed E-state index contributed by atoms with van der Waals surface area (Å²) in [5.41, 5.74) is 0. The van der Waals surface area contributed by atoms with Gasteiger partial charge < -0.3 is 9.52 Å². The number of aryl methyl sites for hydroxylation is 1. The smallest absolute Gasteiger partial charge is 0.103 e. The quantitative estimate of drug-likeness (QED) is 0.719. The van der Waals surface area contributed by atoms with Crippen LogP contribution in [0.25, 0.3) is 0 Å². The van der Waals surface area contributed by atoms with Gasteiger partial charge >= 0.3 is 0 Å². The number of aliphatic hydroxyl groups is 1. The predicted octanol–water partition coefficient (Wildman–Crippen LogP) is 1.98. The van der Waals surface area contributed by atoms with E-state index in [2.05, 4.69) is 0 Å². The molecule has 0 saturated carbocycles. The highest BCUT2D eigenvalue weighted by Gasteiger charge is 2.02. The Labute approximate surface area is 66.8 Å². The van der Waals surface area contributed by atoms with Gasteiger partial charge in [0.15, 0.2) is 0 Å². The maximum atomic E-state index is 9.22. The molecule has 0 aliphatic carbocycles. The molecule has 0 spiro atoms. The van der Waals surface area contributed by atoms with Gasteiger partial charge in [0.1, 0.15) is 5.76 Å². The topological polar surface area (TPSA) is 33.4 Å². The number of hydrogen-bond donors (Lipinski definition) is 1. The maximum Gasteiger partial charge on any atom is 0.103 e. The Kier molecular flexibility index (Phi) is 3.17. The molecule has 11 heavy (non-hydrogen) atoms. The molecule has 0 aliphatic heterocycles. The fraction of sp³-hybridized carbons (Fsp3) is 0.556. The van der Waals surface area contributed by atoms with Crippen molar-refractivity contribution in [3.63, 3.8) is 0 Å². The van der Waals surface area contributed by atoms with Crippen LogP contribution >= 0.6 is 0 Å². The van der Waals surface area contributed by atoms with Crippen LogP contribution in [0.5, 0.6) is 0 Å². The first-order valence-corrected chi connectivity index (χ1v) is 4.03. The molecule has 1 rings (SSSR count). The highest BCUT2D eigenvalue weighted by molar-refractivity contribution is 4.98. The third-order valence-electron chi connectivity index (χ3n) is 1.78. The molecule has 1 atom stereocenters. The normalized spacial score (nSPS) is 13.3. The van der Waals surface area contributed by atoms with E-state index in [0.717, 1.165) is 25.0 Å². The first-order chi connectivity index (χ1) is 5.33. The SMILES string of the molecule is CCC(O)CCc1ccco1. The number of rotatable bonds is 4. The van der Waals surface area contributed by atoms with Crippen LogP contribution in [0.15, 0.2) is 22.8 Å². The van der Waals surface area contributed by atoms with E-state index in [1.165, 1.54) is 0 Å². The first kappa shape index (κ1) is 8.34. The van der Waals surface area contributed by atoms with Gasteiger partial charge in [0.05, 0.1) is 12.4 Å². The maximum absolute atomic E-state index is 9.22. The zero-order valence-electron chi connectivity index (χ0n) is 6.79. The van der Waals surface area contributed by atoms with E-state index in [0.29, 0.717) is 0 Å². The van der Waals surface area contributed by atoms with Crippen LogP contribution < -0.4 is 0 Å². The van der Waals surface area contributed by atoms with Crippen LogP contribution in [0.1, 0.15) is 25.5 Å². The molecule has 0 aromatic carbocycles. The van der Waals surface area contributed by atoms with Crippen LogP contribution in [0, 0.1) is 0 Å². The van der Waals surface area contributed by atoms with Crippen LogP contribution in [0.2, 0.25) is 0 Å². The lowest BCUT2D eigenvalue weighted by atomic mass is 10.1. The number of furan rings is 1. The minimum absolute atomic E-state index is 0.180. The van der Waals surface area contributed by atoms with Gasteiger partial charge in [0.2, 0.25) is 0 Å². The molecule has 0 saturated heterocycles. The Morgan fingerprint density at radius 3 is 3.00 bits per heavy atom. The average Bonchev–Trinajstić information content (AvgIpc) is 2.52. The Morgan fingerprint density at radius 1 is 1.64 bits per heavy atom. The van der Waals surface area contributed by atoms with Crippen molar-refractivity contribution in [2.45, 2.75) is 32.3 Å². The molecule has 1 heterocycles. The van der Waals surface area contributed by atoms with Gasteiger partial charge in [0.25, 0.3) is 0 Å². The molecule has 0 bridgehead atoms. The summed E-state index contributed by atoms with van der Waals surface area (Å²) in [6.45, 7) is 1.98. The lowest BCUT2D eigenvalue weighted by Crippen LogP contribution is -2.04. The number of hydrogen-bond acceptors (Lipinski definition) is 2. The van der Waals surface area contributed by atoms with Gasteiger partial charge in [-0.1, -0.05) is 6.92 Å². The minimum atomic E-state index is -0.180. The summed E-state index contributed by atoms with van der Waals surface area (Å²) < 4.78 is 5.12. The Morgan fingerprint density at radius 2 is 2.45 bits per heavy atom. The highest BCUT2D eigenvalue weighted by atomic mass is 16.3. The van der Waals surface area contributed by atoms with Crippen LogP contribution in [0.4, 0.5) is 0 Å². The van der Waals surface area contributed by atoms with Crippen LogP contribution in [-0.2, 0) is 6.42 Å². The van der Waals surface area contributed by atoms with Gasteiger partial charge in [-0.25, -0.2) is 0 Å². The third-order valence-corrected chi connectivity index (χ3v) is 1.78. The van der Waals surface area contributed by atoms with E-state index < -0.39 is 0 Å². The molecule has 0 amide bonds. The van der Waals surface area contributed by atoms with Crippen molar-refractivity contribution in [3.05, 3.63) is 24.2 Å². The van der Waals surface area contributed by atoms with E-state index in [4.69, 9.17) is 4.42 Å². The summed E-state index contributed by atoms with van der Waals surface area (Å²) in [5.74, 6) is 0.956. The lowest BCUT2D eigenvalue weighted by Gasteiger charge is -2.04. The van der Waals surface area contributed by atoms with Crippen molar-refractivity contribution in [3.8, 4) is 0 Å². The molecule has 1 unspecified atom stereocenters. The molecule has 1 aromatic heterocycles. The third kappa shape index (κ3) is 2.76. The monoisotopic (exact) mass is 154 g/mol. The molecule has 0 fully saturated rings. The standard InChI is InChI=1S/C9H14O2/c1-2-8(10)5-6-9-4-3-7-11-9/h3-4,7-8,10H,2,5-6H2,1H3. The highest BCUT2D eigenvalue weighted by Crippen LogP contribution is 2.06. The second-order valence-corrected chi connectivity index (χ2v) is 2.68. The molecule has 2 heteroatoms. The van der Waals surface area contributed by atoms with Gasteiger partial charge in [-0.2, -0.15) is 0 Å². The molecular weight excluding hydrogens is 140 g/mol. The van der Waals surface area contributed by atoms with E-state index >= 15 is 0 Å². The minimum Gasteiger partial charge on any atom is -0.469 e. The largest absolute Gasteiger partial charge is 0.469 e. The Hall–Kier alpha value is -0.760. The molecule has 62 valence electrons. The second-order valence-electron chi connectivity index (χ2n) is 2.68. The first-order valence-electron chi connectivity index (χ1n) is 4.03. The van der Waals surface area contributed by atoms with E-state index in [9.17, 15) is 5.11 Å². The summed E-state index contributed by atoms with van der Waals surface area (Å²) in [5, 5.41) is 9.22. The molecule has 0 radical (unpaired) electrons. The Bertz CT molecular complexity index is 179. The zero-order chi connectivity index (χ0) is 8.10. The van der Waals surface area contributed by atoms with Crippen molar-refractivity contribution in [2.75, 3.05) is 0 Å². The van der Waals surface area contributed by atoms with Gasteiger partial charge in [-0.3, -0.25) is 0 Å². The lowest BCUT2D eigenvalue weighted by molar-refractivity contribution is 0.158. The van der Waals surface area contributed by atoms with Gasteiger partial charge in [-0.05, 0) is 25.0 Å². The van der Waals surface area contributed by atoms with Crippen LogP contribution in [-0.4, -0.2) is 11.2 Å². The number of aliphatic hydroxyl groups excluding tert-OH is 1.